The average molecular weight is 288 g/mol. The number of rotatable bonds is 5. The molecule has 4 nitrogen and oxygen atoms in total. The quantitative estimate of drug-likeness (QED) is 0.889. The van der Waals surface area contributed by atoms with Crippen molar-refractivity contribution in [2.75, 3.05) is 12.4 Å². The molecule has 0 aromatic heterocycles. The third-order valence-electron chi connectivity index (χ3n) is 3.26. The molecule has 110 valence electrons. The Balaban J connectivity index is 2.11. The van der Waals surface area contributed by atoms with Crippen LogP contribution in [0.15, 0.2) is 36.4 Å². The Labute approximate surface area is 122 Å². The first-order valence-electron chi connectivity index (χ1n) is 6.48. The minimum Gasteiger partial charge on any atom is -0.494 e. The molecule has 0 heterocycles. The lowest BCUT2D eigenvalue weighted by molar-refractivity contribution is 0.1000. The molecule has 0 aliphatic carbocycles. The predicted octanol–water partition coefficient (Wildman–Crippen LogP) is 2.85. The molecule has 0 saturated heterocycles. The zero-order chi connectivity index (χ0) is 15.4. The van der Waals surface area contributed by atoms with Crippen LogP contribution in [0.1, 0.15) is 21.5 Å². The monoisotopic (exact) mass is 288 g/mol. The van der Waals surface area contributed by atoms with Gasteiger partial charge in [0.2, 0.25) is 5.91 Å². The summed E-state index contributed by atoms with van der Waals surface area (Å²) in [6.07, 6.45) is 0. The number of ether oxygens (including phenoxy) is 1. The van der Waals surface area contributed by atoms with Crippen molar-refractivity contribution in [3.63, 3.8) is 0 Å². The molecule has 2 aromatic rings. The Morgan fingerprint density at radius 1 is 1.29 bits per heavy atom. The summed E-state index contributed by atoms with van der Waals surface area (Å²) in [7, 11) is 1.43. The highest BCUT2D eigenvalue weighted by Crippen LogP contribution is 2.22. The summed E-state index contributed by atoms with van der Waals surface area (Å²) in [5, 5.41) is 3.19. The molecule has 2 rings (SSSR count). The largest absolute Gasteiger partial charge is 0.494 e. The fourth-order valence-electron chi connectivity index (χ4n) is 2.01. The van der Waals surface area contributed by atoms with Crippen molar-refractivity contribution >= 4 is 11.6 Å². The molecule has 2 aromatic carbocycles. The number of amides is 1. The van der Waals surface area contributed by atoms with E-state index in [1.54, 1.807) is 24.3 Å². The minimum atomic E-state index is -0.444. The summed E-state index contributed by atoms with van der Waals surface area (Å²) in [5.41, 5.74) is 8.48. The van der Waals surface area contributed by atoms with E-state index in [-0.39, 0.29) is 5.75 Å². The van der Waals surface area contributed by atoms with E-state index in [0.717, 1.165) is 16.8 Å². The second-order valence-electron chi connectivity index (χ2n) is 4.71. The number of nitrogens with two attached hydrogens (primary N) is 1. The van der Waals surface area contributed by atoms with Crippen LogP contribution < -0.4 is 15.8 Å². The van der Waals surface area contributed by atoms with Crippen LogP contribution in [0.5, 0.6) is 5.75 Å². The van der Waals surface area contributed by atoms with Crippen molar-refractivity contribution in [2.45, 2.75) is 13.5 Å². The van der Waals surface area contributed by atoms with Crippen LogP contribution in [0, 0.1) is 12.7 Å². The topological polar surface area (TPSA) is 64.3 Å². The number of carbonyl (C=O) groups is 1. The third-order valence-corrected chi connectivity index (χ3v) is 3.26. The summed E-state index contributed by atoms with van der Waals surface area (Å²) in [4.78, 5) is 11.1. The van der Waals surface area contributed by atoms with E-state index in [0.29, 0.717) is 12.1 Å². The second kappa shape index (κ2) is 6.26. The molecule has 21 heavy (non-hydrogen) atoms. The molecule has 0 atom stereocenters. The van der Waals surface area contributed by atoms with Gasteiger partial charge in [0, 0.05) is 23.9 Å². The van der Waals surface area contributed by atoms with E-state index >= 15 is 0 Å². The van der Waals surface area contributed by atoms with Crippen LogP contribution in [-0.4, -0.2) is 13.0 Å². The number of hydrogen-bond donors (Lipinski definition) is 2. The molecule has 0 saturated carbocycles. The molecule has 0 aliphatic rings. The average Bonchev–Trinajstić information content (AvgIpc) is 2.47. The van der Waals surface area contributed by atoms with E-state index in [2.05, 4.69) is 5.32 Å². The predicted molar refractivity (Wildman–Crippen MR) is 80.0 cm³/mol. The molecule has 0 fully saturated rings. The number of aryl methyl sites for hydroxylation is 1. The number of benzene rings is 2. The smallest absolute Gasteiger partial charge is 0.248 e. The summed E-state index contributed by atoms with van der Waals surface area (Å²) in [6, 6.07) is 9.89. The molecule has 3 N–H and O–H groups in total. The Bertz CT molecular complexity index is 671. The maximum atomic E-state index is 13.3. The van der Waals surface area contributed by atoms with E-state index in [1.165, 1.54) is 13.2 Å². The number of methoxy groups -OCH3 is 1. The number of hydrogen-bond acceptors (Lipinski definition) is 3. The normalized spacial score (nSPS) is 10.2. The van der Waals surface area contributed by atoms with Gasteiger partial charge < -0.3 is 15.8 Å². The zero-order valence-corrected chi connectivity index (χ0v) is 11.9. The maximum Gasteiger partial charge on any atom is 0.248 e. The zero-order valence-electron chi connectivity index (χ0n) is 11.9. The standard InChI is InChI=1S/C16H17FN2O2/c1-10-7-11(16(18)20)3-4-12(10)9-19-13-5-6-14(17)15(8-13)21-2/h3-8,19H,9H2,1-2H3,(H2,18,20). The summed E-state index contributed by atoms with van der Waals surface area (Å²) in [5.74, 6) is -0.647. The van der Waals surface area contributed by atoms with Gasteiger partial charge in [-0.05, 0) is 42.3 Å². The summed E-state index contributed by atoms with van der Waals surface area (Å²) in [6.45, 7) is 2.47. The molecular formula is C16H17FN2O2. The van der Waals surface area contributed by atoms with Crippen LogP contribution in [0.2, 0.25) is 0 Å². The fraction of sp³-hybridized carbons (Fsp3) is 0.188. The van der Waals surface area contributed by atoms with Gasteiger partial charge in [0.05, 0.1) is 7.11 Å². The van der Waals surface area contributed by atoms with Crippen molar-refractivity contribution in [1.82, 2.24) is 0 Å². The van der Waals surface area contributed by atoms with Crippen molar-refractivity contribution < 1.29 is 13.9 Å². The van der Waals surface area contributed by atoms with Gasteiger partial charge in [-0.2, -0.15) is 0 Å². The van der Waals surface area contributed by atoms with Crippen molar-refractivity contribution in [1.29, 1.82) is 0 Å². The van der Waals surface area contributed by atoms with Gasteiger partial charge in [-0.25, -0.2) is 4.39 Å². The highest BCUT2D eigenvalue weighted by molar-refractivity contribution is 5.93. The van der Waals surface area contributed by atoms with E-state index in [1.807, 2.05) is 13.0 Å². The molecule has 0 radical (unpaired) electrons. The first-order chi connectivity index (χ1) is 10.0. The van der Waals surface area contributed by atoms with Gasteiger partial charge in [0.25, 0.3) is 0 Å². The maximum absolute atomic E-state index is 13.3. The first-order valence-corrected chi connectivity index (χ1v) is 6.48. The van der Waals surface area contributed by atoms with Crippen LogP contribution in [0.4, 0.5) is 10.1 Å². The third kappa shape index (κ3) is 3.51. The van der Waals surface area contributed by atoms with Crippen molar-refractivity contribution in [2.24, 2.45) is 5.73 Å². The highest BCUT2D eigenvalue weighted by atomic mass is 19.1. The van der Waals surface area contributed by atoms with E-state index in [9.17, 15) is 9.18 Å². The SMILES string of the molecule is COc1cc(NCc2ccc(C(N)=O)cc2C)ccc1F. The molecule has 0 spiro atoms. The van der Waals surface area contributed by atoms with Gasteiger partial charge in [0.15, 0.2) is 11.6 Å². The van der Waals surface area contributed by atoms with Crippen LogP contribution >= 0.6 is 0 Å². The lowest BCUT2D eigenvalue weighted by Gasteiger charge is -2.11. The van der Waals surface area contributed by atoms with Gasteiger partial charge in [-0.1, -0.05) is 6.07 Å². The molecular weight excluding hydrogens is 271 g/mol. The Morgan fingerprint density at radius 3 is 2.67 bits per heavy atom. The lowest BCUT2D eigenvalue weighted by atomic mass is 10.0. The Kier molecular flexibility index (Phi) is 4.42. The molecule has 0 unspecified atom stereocenters. The van der Waals surface area contributed by atoms with Gasteiger partial charge in [0.1, 0.15) is 0 Å². The lowest BCUT2D eigenvalue weighted by Crippen LogP contribution is -2.11. The number of anilines is 1. The fourth-order valence-corrected chi connectivity index (χ4v) is 2.01. The molecule has 1 amide bonds. The number of primary amides is 1. The molecule has 5 heteroatoms. The van der Waals surface area contributed by atoms with Crippen LogP contribution in [0.3, 0.4) is 0 Å². The van der Waals surface area contributed by atoms with Crippen molar-refractivity contribution in [3.05, 3.63) is 58.9 Å². The van der Waals surface area contributed by atoms with Gasteiger partial charge >= 0.3 is 0 Å². The summed E-state index contributed by atoms with van der Waals surface area (Å²) >= 11 is 0. The Hall–Kier alpha value is -2.56. The van der Waals surface area contributed by atoms with E-state index in [4.69, 9.17) is 10.5 Å². The number of halogens is 1. The van der Waals surface area contributed by atoms with Crippen LogP contribution in [-0.2, 0) is 6.54 Å². The van der Waals surface area contributed by atoms with Crippen molar-refractivity contribution in [3.8, 4) is 5.75 Å². The molecule has 0 bridgehead atoms. The van der Waals surface area contributed by atoms with Crippen LogP contribution in [0.25, 0.3) is 0 Å². The second-order valence-corrected chi connectivity index (χ2v) is 4.71. The highest BCUT2D eigenvalue weighted by Gasteiger charge is 2.06. The number of carbonyl (C=O) groups excluding carboxylic acids is 1. The first kappa shape index (κ1) is 14.8. The molecule has 0 aliphatic heterocycles. The number of nitrogens with one attached hydrogen (secondary N) is 1. The van der Waals surface area contributed by atoms with E-state index < -0.39 is 11.7 Å². The van der Waals surface area contributed by atoms with Gasteiger partial charge in [-0.3, -0.25) is 4.79 Å². The Morgan fingerprint density at radius 2 is 2.05 bits per heavy atom. The minimum absolute atomic E-state index is 0.195. The summed E-state index contributed by atoms with van der Waals surface area (Å²) < 4.78 is 18.3. The van der Waals surface area contributed by atoms with Gasteiger partial charge in [-0.15, -0.1) is 0 Å².